The van der Waals surface area contributed by atoms with E-state index in [0.717, 1.165) is 8.04 Å². The molecule has 1 aromatic carbocycles. The van der Waals surface area contributed by atoms with E-state index in [0.29, 0.717) is 18.5 Å². The molecule has 82 valence electrons. The Hall–Kier alpha value is -0.140. The molecular formula is C10H11BrINO2. The van der Waals surface area contributed by atoms with Gasteiger partial charge < -0.3 is 10.4 Å². The second-order valence-electron chi connectivity index (χ2n) is 2.96. The molecule has 3 nitrogen and oxygen atoms in total. The highest BCUT2D eigenvalue weighted by Gasteiger charge is 2.09. The van der Waals surface area contributed by atoms with E-state index in [4.69, 9.17) is 5.11 Å². The molecular weight excluding hydrogens is 373 g/mol. The fourth-order valence-corrected chi connectivity index (χ4v) is 1.99. The monoisotopic (exact) mass is 383 g/mol. The van der Waals surface area contributed by atoms with Gasteiger partial charge in [-0.15, -0.1) is 0 Å². The van der Waals surface area contributed by atoms with Gasteiger partial charge in [0.25, 0.3) is 5.91 Å². The van der Waals surface area contributed by atoms with Gasteiger partial charge in [-0.1, -0.05) is 15.9 Å². The van der Waals surface area contributed by atoms with E-state index in [1.807, 2.05) is 12.1 Å². The Bertz CT molecular complexity index is 357. The second-order valence-corrected chi connectivity index (χ2v) is 5.04. The minimum Gasteiger partial charge on any atom is -0.396 e. The number of halogens is 2. The van der Waals surface area contributed by atoms with Crippen molar-refractivity contribution in [2.24, 2.45) is 0 Å². The van der Waals surface area contributed by atoms with Gasteiger partial charge in [-0.05, 0) is 47.2 Å². The van der Waals surface area contributed by atoms with Crippen LogP contribution in [0.4, 0.5) is 0 Å². The molecule has 0 aliphatic rings. The molecule has 0 fully saturated rings. The van der Waals surface area contributed by atoms with Crippen LogP contribution >= 0.6 is 38.5 Å². The number of nitrogens with one attached hydrogen (secondary N) is 1. The zero-order valence-electron chi connectivity index (χ0n) is 7.96. The van der Waals surface area contributed by atoms with Gasteiger partial charge in [-0.2, -0.15) is 0 Å². The number of carbonyl (C=O) groups excluding carboxylic acids is 1. The Morgan fingerprint density at radius 2 is 2.27 bits per heavy atom. The van der Waals surface area contributed by atoms with E-state index in [1.54, 1.807) is 6.07 Å². The number of aliphatic hydroxyl groups excluding tert-OH is 1. The van der Waals surface area contributed by atoms with E-state index < -0.39 is 0 Å². The van der Waals surface area contributed by atoms with Gasteiger partial charge in [-0.3, -0.25) is 4.79 Å². The van der Waals surface area contributed by atoms with Crippen LogP contribution < -0.4 is 5.32 Å². The van der Waals surface area contributed by atoms with Crippen LogP contribution in [0, 0.1) is 3.57 Å². The third-order valence-corrected chi connectivity index (χ3v) is 3.23. The van der Waals surface area contributed by atoms with Crippen LogP contribution in [0.5, 0.6) is 0 Å². The van der Waals surface area contributed by atoms with Gasteiger partial charge in [0.05, 0.1) is 5.56 Å². The van der Waals surface area contributed by atoms with Crippen LogP contribution in [0.3, 0.4) is 0 Å². The Morgan fingerprint density at radius 3 is 2.93 bits per heavy atom. The summed E-state index contributed by atoms with van der Waals surface area (Å²) >= 11 is 5.45. The summed E-state index contributed by atoms with van der Waals surface area (Å²) < 4.78 is 1.80. The Labute approximate surface area is 111 Å². The lowest BCUT2D eigenvalue weighted by Crippen LogP contribution is -2.25. The topological polar surface area (TPSA) is 49.3 Å². The van der Waals surface area contributed by atoms with E-state index >= 15 is 0 Å². The SMILES string of the molecule is O=C(NCCCO)c1cc(Br)ccc1I. The Kier molecular flexibility index (Phi) is 5.55. The standard InChI is InChI=1S/C10H11BrINO2/c11-7-2-3-9(12)8(6-7)10(15)13-4-1-5-14/h2-3,6,14H,1,4-5H2,(H,13,15). The molecule has 0 bridgehead atoms. The lowest BCUT2D eigenvalue weighted by molar-refractivity contribution is 0.0950. The van der Waals surface area contributed by atoms with Crippen molar-refractivity contribution >= 4 is 44.4 Å². The molecule has 1 rings (SSSR count). The van der Waals surface area contributed by atoms with Gasteiger partial charge in [-0.25, -0.2) is 0 Å². The fraction of sp³-hybridized carbons (Fsp3) is 0.300. The first-order valence-corrected chi connectivity index (χ1v) is 6.36. The van der Waals surface area contributed by atoms with Gasteiger partial charge in [0, 0.05) is 21.2 Å². The Balaban J connectivity index is 2.68. The number of aliphatic hydroxyl groups is 1. The van der Waals surface area contributed by atoms with Crippen molar-refractivity contribution in [3.63, 3.8) is 0 Å². The van der Waals surface area contributed by atoms with Crippen molar-refractivity contribution in [1.29, 1.82) is 0 Å². The number of hydrogen-bond donors (Lipinski definition) is 2. The molecule has 1 amide bonds. The average Bonchev–Trinajstić information content (AvgIpc) is 2.22. The highest BCUT2D eigenvalue weighted by molar-refractivity contribution is 14.1. The Morgan fingerprint density at radius 1 is 1.53 bits per heavy atom. The first-order chi connectivity index (χ1) is 7.15. The maximum atomic E-state index is 11.7. The lowest BCUT2D eigenvalue weighted by atomic mass is 10.2. The molecule has 0 aliphatic heterocycles. The number of benzene rings is 1. The highest BCUT2D eigenvalue weighted by Crippen LogP contribution is 2.18. The third kappa shape index (κ3) is 4.08. The summed E-state index contributed by atoms with van der Waals surface area (Å²) in [5.41, 5.74) is 0.655. The molecule has 5 heteroatoms. The van der Waals surface area contributed by atoms with Crippen molar-refractivity contribution in [2.75, 3.05) is 13.2 Å². The zero-order valence-corrected chi connectivity index (χ0v) is 11.7. The number of rotatable bonds is 4. The molecule has 0 spiro atoms. The van der Waals surface area contributed by atoms with Crippen LogP contribution in [-0.2, 0) is 0 Å². The molecule has 0 atom stereocenters. The van der Waals surface area contributed by atoms with Gasteiger partial charge in [0.2, 0.25) is 0 Å². The molecule has 1 aromatic rings. The number of carbonyl (C=O) groups is 1. The average molecular weight is 384 g/mol. The van der Waals surface area contributed by atoms with Gasteiger partial charge in [0.15, 0.2) is 0 Å². The van der Waals surface area contributed by atoms with Crippen molar-refractivity contribution in [2.45, 2.75) is 6.42 Å². The summed E-state index contributed by atoms with van der Waals surface area (Å²) in [6, 6.07) is 5.56. The largest absolute Gasteiger partial charge is 0.396 e. The molecule has 15 heavy (non-hydrogen) atoms. The first kappa shape index (κ1) is 12.9. The van der Waals surface area contributed by atoms with Crippen LogP contribution in [0.2, 0.25) is 0 Å². The molecule has 0 saturated carbocycles. The van der Waals surface area contributed by atoms with E-state index in [2.05, 4.69) is 43.8 Å². The second kappa shape index (κ2) is 6.44. The highest BCUT2D eigenvalue weighted by atomic mass is 127. The molecule has 0 aromatic heterocycles. The lowest BCUT2D eigenvalue weighted by Gasteiger charge is -2.06. The summed E-state index contributed by atoms with van der Waals surface area (Å²) in [5.74, 6) is -0.103. The smallest absolute Gasteiger partial charge is 0.252 e. The third-order valence-electron chi connectivity index (χ3n) is 1.79. The van der Waals surface area contributed by atoms with Crippen LogP contribution in [0.25, 0.3) is 0 Å². The molecule has 0 saturated heterocycles. The van der Waals surface area contributed by atoms with E-state index in [9.17, 15) is 4.79 Å². The van der Waals surface area contributed by atoms with Crippen LogP contribution in [-0.4, -0.2) is 24.2 Å². The van der Waals surface area contributed by atoms with E-state index in [-0.39, 0.29) is 12.5 Å². The maximum absolute atomic E-state index is 11.7. The minimum atomic E-state index is -0.103. The number of amides is 1. The first-order valence-electron chi connectivity index (χ1n) is 4.49. The molecule has 0 heterocycles. The summed E-state index contributed by atoms with van der Waals surface area (Å²) in [6.45, 7) is 0.591. The van der Waals surface area contributed by atoms with Crippen molar-refractivity contribution in [1.82, 2.24) is 5.32 Å². The molecule has 0 aliphatic carbocycles. The molecule has 0 unspecified atom stereocenters. The minimum absolute atomic E-state index is 0.0931. The maximum Gasteiger partial charge on any atom is 0.252 e. The normalized spacial score (nSPS) is 10.1. The number of hydrogen-bond acceptors (Lipinski definition) is 2. The predicted molar refractivity (Wildman–Crippen MR) is 70.9 cm³/mol. The molecule has 2 N–H and O–H groups in total. The van der Waals surface area contributed by atoms with Gasteiger partial charge in [0.1, 0.15) is 0 Å². The van der Waals surface area contributed by atoms with Gasteiger partial charge >= 0.3 is 0 Å². The summed E-state index contributed by atoms with van der Waals surface area (Å²) in [6.07, 6.45) is 0.580. The summed E-state index contributed by atoms with van der Waals surface area (Å²) in [4.78, 5) is 11.7. The molecule has 0 radical (unpaired) electrons. The van der Waals surface area contributed by atoms with Crippen LogP contribution in [0.1, 0.15) is 16.8 Å². The van der Waals surface area contributed by atoms with E-state index in [1.165, 1.54) is 0 Å². The van der Waals surface area contributed by atoms with Crippen LogP contribution in [0.15, 0.2) is 22.7 Å². The summed E-state index contributed by atoms with van der Waals surface area (Å²) in [7, 11) is 0. The predicted octanol–water partition coefficient (Wildman–Crippen LogP) is 2.17. The van der Waals surface area contributed by atoms with Crippen molar-refractivity contribution < 1.29 is 9.90 Å². The zero-order chi connectivity index (χ0) is 11.3. The van der Waals surface area contributed by atoms with Crippen molar-refractivity contribution in [3.05, 3.63) is 31.8 Å². The van der Waals surface area contributed by atoms with Crippen molar-refractivity contribution in [3.8, 4) is 0 Å². The summed E-state index contributed by atoms with van der Waals surface area (Å²) in [5, 5.41) is 11.3. The fourth-order valence-electron chi connectivity index (χ4n) is 1.05. The quantitative estimate of drug-likeness (QED) is 0.618.